The van der Waals surface area contributed by atoms with Crippen LogP contribution in [0.3, 0.4) is 0 Å². The molecule has 24 heavy (non-hydrogen) atoms. The second-order valence-electron chi connectivity index (χ2n) is 7.69. The molecule has 0 aromatic heterocycles. The van der Waals surface area contributed by atoms with E-state index in [-0.39, 0.29) is 29.0 Å². The van der Waals surface area contributed by atoms with Gasteiger partial charge in [0, 0.05) is 12.1 Å². The maximum Gasteiger partial charge on any atom is 0.327 e. The molecule has 1 aliphatic heterocycles. The second-order valence-corrected chi connectivity index (χ2v) is 8.74. The van der Waals surface area contributed by atoms with Gasteiger partial charge >= 0.3 is 6.03 Å². The van der Waals surface area contributed by atoms with E-state index in [2.05, 4.69) is 46.8 Å². The number of hydrogen-bond donors (Lipinski definition) is 0. The minimum Gasteiger partial charge on any atom is -0.305 e. The Morgan fingerprint density at radius 2 is 1.62 bits per heavy atom. The molecule has 1 aromatic rings. The van der Waals surface area contributed by atoms with E-state index in [0.29, 0.717) is 0 Å². The topological polar surface area (TPSA) is 35.9 Å². The van der Waals surface area contributed by atoms with Crippen molar-refractivity contribution < 1.29 is 4.79 Å². The summed E-state index contributed by atoms with van der Waals surface area (Å²) < 4.78 is 0. The Morgan fingerprint density at radius 1 is 1.04 bits per heavy atom. The van der Waals surface area contributed by atoms with Crippen LogP contribution in [-0.4, -0.2) is 38.6 Å². The summed E-state index contributed by atoms with van der Waals surface area (Å²) in [5, 5.41) is 0.767. The average Bonchev–Trinajstić information content (AvgIpc) is 2.45. The SMILES string of the molecule is CC(C)N1C(=O)N(C(C)C)C(c2ccccc2)SC1=NC(C)(C)C. The first-order valence-electron chi connectivity index (χ1n) is 8.55. The van der Waals surface area contributed by atoms with E-state index in [0.717, 1.165) is 10.7 Å². The van der Waals surface area contributed by atoms with Crippen molar-refractivity contribution in [3.8, 4) is 0 Å². The molecule has 1 saturated heterocycles. The molecule has 1 atom stereocenters. The van der Waals surface area contributed by atoms with Gasteiger partial charge in [0.15, 0.2) is 5.17 Å². The molecule has 4 nitrogen and oxygen atoms in total. The van der Waals surface area contributed by atoms with Crippen LogP contribution in [0.4, 0.5) is 4.79 Å². The lowest BCUT2D eigenvalue weighted by atomic mass is 10.1. The molecule has 0 N–H and O–H groups in total. The Bertz CT molecular complexity index is 605. The quantitative estimate of drug-likeness (QED) is 0.760. The number of amides is 2. The highest BCUT2D eigenvalue weighted by atomic mass is 32.2. The highest BCUT2D eigenvalue weighted by molar-refractivity contribution is 8.14. The number of carbonyl (C=O) groups excluding carboxylic acids is 1. The van der Waals surface area contributed by atoms with Gasteiger partial charge < -0.3 is 4.90 Å². The van der Waals surface area contributed by atoms with Crippen molar-refractivity contribution in [2.24, 2.45) is 4.99 Å². The largest absolute Gasteiger partial charge is 0.327 e. The summed E-state index contributed by atoms with van der Waals surface area (Å²) in [6, 6.07) is 10.4. The Kier molecular flexibility index (Phi) is 5.63. The summed E-state index contributed by atoms with van der Waals surface area (Å²) in [6.45, 7) is 14.4. The number of rotatable bonds is 3. The van der Waals surface area contributed by atoms with Crippen molar-refractivity contribution in [3.05, 3.63) is 35.9 Å². The molecule has 0 radical (unpaired) electrons. The van der Waals surface area contributed by atoms with Crippen LogP contribution in [0, 0.1) is 0 Å². The van der Waals surface area contributed by atoms with Crippen LogP contribution in [0.25, 0.3) is 0 Å². The molecule has 1 unspecified atom stereocenters. The van der Waals surface area contributed by atoms with Gasteiger partial charge in [-0.25, -0.2) is 4.79 Å². The fraction of sp³-hybridized carbons (Fsp3) is 0.579. The van der Waals surface area contributed by atoms with E-state index >= 15 is 0 Å². The van der Waals surface area contributed by atoms with Crippen LogP contribution in [0.1, 0.15) is 59.4 Å². The Balaban J connectivity index is 2.52. The number of nitrogens with zero attached hydrogens (tertiary/aromatic N) is 3. The number of aliphatic imine (C=N–C) groups is 1. The first-order valence-corrected chi connectivity index (χ1v) is 9.42. The predicted octanol–water partition coefficient (Wildman–Crippen LogP) is 5.13. The smallest absolute Gasteiger partial charge is 0.305 e. The molecular formula is C19H29N3OS. The number of benzene rings is 1. The van der Waals surface area contributed by atoms with Crippen molar-refractivity contribution in [1.29, 1.82) is 0 Å². The van der Waals surface area contributed by atoms with Crippen LogP contribution in [0.2, 0.25) is 0 Å². The van der Waals surface area contributed by atoms with Crippen molar-refractivity contribution in [2.45, 2.75) is 71.5 Å². The number of thioether (sulfide) groups is 1. The fourth-order valence-electron chi connectivity index (χ4n) is 2.67. The molecule has 0 saturated carbocycles. The first kappa shape index (κ1) is 18.8. The number of urea groups is 1. The van der Waals surface area contributed by atoms with E-state index in [9.17, 15) is 4.79 Å². The molecule has 2 rings (SSSR count). The first-order chi connectivity index (χ1) is 11.1. The molecule has 1 heterocycles. The monoisotopic (exact) mass is 347 g/mol. The lowest BCUT2D eigenvalue weighted by molar-refractivity contribution is 0.145. The molecule has 132 valence electrons. The van der Waals surface area contributed by atoms with Gasteiger partial charge in [-0.3, -0.25) is 9.89 Å². The molecular weight excluding hydrogens is 318 g/mol. The fourth-order valence-corrected chi connectivity index (χ4v) is 4.34. The molecule has 0 spiro atoms. The van der Waals surface area contributed by atoms with Crippen molar-refractivity contribution in [1.82, 2.24) is 9.80 Å². The van der Waals surface area contributed by atoms with Gasteiger partial charge in [-0.15, -0.1) is 0 Å². The molecule has 5 heteroatoms. The summed E-state index contributed by atoms with van der Waals surface area (Å²) in [5.41, 5.74) is 0.909. The van der Waals surface area contributed by atoms with E-state index in [1.54, 1.807) is 11.8 Å². The second kappa shape index (κ2) is 7.18. The summed E-state index contributed by atoms with van der Waals surface area (Å²) in [5.74, 6) is 0. The average molecular weight is 348 g/mol. The minimum atomic E-state index is -0.225. The molecule has 1 fully saturated rings. The minimum absolute atomic E-state index is 0.0376. The number of carbonyl (C=O) groups is 1. The molecule has 1 aliphatic rings. The van der Waals surface area contributed by atoms with E-state index < -0.39 is 0 Å². The summed E-state index contributed by atoms with van der Waals surface area (Å²) in [4.78, 5) is 21.9. The van der Waals surface area contributed by atoms with E-state index in [4.69, 9.17) is 4.99 Å². The normalized spacial score (nSPS) is 21.3. The van der Waals surface area contributed by atoms with Crippen LogP contribution in [-0.2, 0) is 0 Å². The molecule has 2 amide bonds. The Morgan fingerprint density at radius 3 is 2.08 bits per heavy atom. The van der Waals surface area contributed by atoms with Gasteiger partial charge in [0.1, 0.15) is 5.37 Å². The third-order valence-corrected chi connectivity index (χ3v) is 4.91. The van der Waals surface area contributed by atoms with Crippen molar-refractivity contribution >= 4 is 23.0 Å². The van der Waals surface area contributed by atoms with Gasteiger partial charge in [-0.1, -0.05) is 42.1 Å². The van der Waals surface area contributed by atoms with Gasteiger partial charge in [0.25, 0.3) is 0 Å². The lowest BCUT2D eigenvalue weighted by Gasteiger charge is -2.45. The van der Waals surface area contributed by atoms with Crippen molar-refractivity contribution in [2.75, 3.05) is 0 Å². The Labute approximate surface area is 150 Å². The Hall–Kier alpha value is -1.49. The van der Waals surface area contributed by atoms with Gasteiger partial charge in [-0.2, -0.15) is 0 Å². The van der Waals surface area contributed by atoms with Crippen LogP contribution in [0.5, 0.6) is 0 Å². The van der Waals surface area contributed by atoms with Crippen molar-refractivity contribution in [3.63, 3.8) is 0 Å². The summed E-state index contributed by atoms with van der Waals surface area (Å²) >= 11 is 1.67. The van der Waals surface area contributed by atoms with Gasteiger partial charge in [0.05, 0.1) is 5.54 Å². The van der Waals surface area contributed by atoms with Gasteiger partial charge in [-0.05, 0) is 54.0 Å². The number of hydrogen-bond acceptors (Lipinski definition) is 3. The predicted molar refractivity (Wildman–Crippen MR) is 103 cm³/mol. The van der Waals surface area contributed by atoms with Crippen LogP contribution in [0.15, 0.2) is 35.3 Å². The zero-order valence-corrected chi connectivity index (χ0v) is 16.6. The highest BCUT2D eigenvalue weighted by Crippen LogP contribution is 2.41. The number of amidine groups is 1. The standard InChI is InChI=1S/C19H29N3OS/c1-13(2)21-16(15-11-9-8-10-12-15)24-17(20-19(5,6)7)22(14(3)4)18(21)23/h8-14,16H,1-7H3. The van der Waals surface area contributed by atoms with E-state index in [1.165, 1.54) is 0 Å². The highest BCUT2D eigenvalue weighted by Gasteiger charge is 2.41. The lowest BCUT2D eigenvalue weighted by Crippen LogP contribution is -2.56. The molecule has 0 bridgehead atoms. The third kappa shape index (κ3) is 4.12. The summed E-state index contributed by atoms with van der Waals surface area (Å²) in [7, 11) is 0. The van der Waals surface area contributed by atoms with E-state index in [1.807, 2.05) is 41.8 Å². The third-order valence-electron chi connectivity index (χ3n) is 3.69. The maximum atomic E-state index is 13.2. The summed E-state index contributed by atoms with van der Waals surface area (Å²) in [6.07, 6.45) is 0. The zero-order chi connectivity index (χ0) is 18.1. The van der Waals surface area contributed by atoms with Crippen LogP contribution >= 0.6 is 11.8 Å². The zero-order valence-electron chi connectivity index (χ0n) is 15.8. The maximum absolute atomic E-state index is 13.2. The van der Waals surface area contributed by atoms with Crippen LogP contribution < -0.4 is 0 Å². The van der Waals surface area contributed by atoms with Gasteiger partial charge in [0.2, 0.25) is 0 Å². The molecule has 1 aromatic carbocycles. The molecule has 0 aliphatic carbocycles.